The number of nitrogens with one attached hydrogen (secondary N) is 2. The van der Waals surface area contributed by atoms with Gasteiger partial charge >= 0.3 is 0 Å². The molecule has 3 N–H and O–H groups in total. The molecule has 2 aromatic rings. The van der Waals surface area contributed by atoms with Gasteiger partial charge in [-0.15, -0.1) is 24.8 Å². The predicted molar refractivity (Wildman–Crippen MR) is 104 cm³/mol. The summed E-state index contributed by atoms with van der Waals surface area (Å²) in [5, 5.41) is 20.4. The highest BCUT2D eigenvalue weighted by Crippen LogP contribution is 2.24. The zero-order chi connectivity index (χ0) is 16.9. The average molecular weight is 421 g/mol. The minimum Gasteiger partial charge on any atom is -0.391 e. The molecule has 3 rings (SSSR count). The Morgan fingerprint density at radius 3 is 2.92 bits per heavy atom. The summed E-state index contributed by atoms with van der Waals surface area (Å²) in [4.78, 5) is 16.7. The normalized spacial score (nSPS) is 18.7. The van der Waals surface area contributed by atoms with Gasteiger partial charge in [-0.1, -0.05) is 16.9 Å². The fourth-order valence-corrected chi connectivity index (χ4v) is 3.43. The van der Waals surface area contributed by atoms with Gasteiger partial charge in [-0.05, 0) is 19.1 Å². The maximum absolute atomic E-state index is 12.4. The molecule has 10 heteroatoms. The second kappa shape index (κ2) is 10.7. The molecule has 1 aliphatic heterocycles. The van der Waals surface area contributed by atoms with E-state index >= 15 is 0 Å². The molecule has 0 radical (unpaired) electrons. The molecule has 26 heavy (non-hydrogen) atoms. The summed E-state index contributed by atoms with van der Waals surface area (Å²) in [6.45, 7) is 3.56. The Labute approximate surface area is 168 Å². The van der Waals surface area contributed by atoms with Crippen LogP contribution in [0.4, 0.5) is 0 Å². The van der Waals surface area contributed by atoms with E-state index in [9.17, 15) is 9.90 Å². The summed E-state index contributed by atoms with van der Waals surface area (Å²) < 4.78 is 5.04. The Morgan fingerprint density at radius 2 is 2.27 bits per heavy atom. The summed E-state index contributed by atoms with van der Waals surface area (Å²) >= 11 is 1.44. The molecule has 1 amide bonds. The molecule has 3 heterocycles. The molecule has 1 aliphatic rings. The molecule has 2 aromatic heterocycles. The van der Waals surface area contributed by atoms with Gasteiger partial charge in [-0.3, -0.25) is 4.79 Å². The summed E-state index contributed by atoms with van der Waals surface area (Å²) in [5.41, 5.74) is 1.35. The van der Waals surface area contributed by atoms with Crippen LogP contribution in [0.25, 0.3) is 0 Å². The molecule has 0 aliphatic carbocycles. The number of aliphatic hydroxyl groups is 1. The van der Waals surface area contributed by atoms with Crippen LogP contribution in [0.1, 0.15) is 21.8 Å². The highest BCUT2D eigenvalue weighted by atomic mass is 35.5. The number of aryl methyl sites for hydroxylation is 1. The first-order valence-corrected chi connectivity index (χ1v) is 8.79. The SMILES string of the molecule is Cc1cc(CSc2ncccc2C(=O)NCC2CNCC2O)no1.Cl.Cl. The Bertz CT molecular complexity index is 716. The quantitative estimate of drug-likeness (QED) is 0.612. The van der Waals surface area contributed by atoms with Crippen molar-refractivity contribution in [1.82, 2.24) is 20.8 Å². The maximum Gasteiger partial charge on any atom is 0.254 e. The van der Waals surface area contributed by atoms with E-state index in [1.165, 1.54) is 11.8 Å². The minimum absolute atomic E-state index is 0. The van der Waals surface area contributed by atoms with Crippen LogP contribution in [-0.2, 0) is 5.75 Å². The number of amides is 1. The molecule has 2 atom stereocenters. The van der Waals surface area contributed by atoms with Crippen molar-refractivity contribution in [3.63, 3.8) is 0 Å². The summed E-state index contributed by atoms with van der Waals surface area (Å²) in [7, 11) is 0. The Balaban J connectivity index is 0.00000169. The number of rotatable bonds is 6. The molecule has 144 valence electrons. The Kier molecular flexibility index (Phi) is 9.38. The van der Waals surface area contributed by atoms with Gasteiger partial charge in [-0.25, -0.2) is 4.98 Å². The van der Waals surface area contributed by atoms with Crippen LogP contribution in [0.3, 0.4) is 0 Å². The lowest BCUT2D eigenvalue weighted by atomic mass is 10.1. The van der Waals surface area contributed by atoms with Crippen LogP contribution >= 0.6 is 36.6 Å². The lowest BCUT2D eigenvalue weighted by Crippen LogP contribution is -2.34. The third kappa shape index (κ3) is 5.85. The number of aromatic nitrogens is 2. The number of halogens is 2. The van der Waals surface area contributed by atoms with Crippen molar-refractivity contribution in [2.45, 2.75) is 23.8 Å². The van der Waals surface area contributed by atoms with Gasteiger partial charge in [-0.2, -0.15) is 0 Å². The van der Waals surface area contributed by atoms with E-state index in [2.05, 4.69) is 20.8 Å². The lowest BCUT2D eigenvalue weighted by Gasteiger charge is -2.14. The van der Waals surface area contributed by atoms with Crippen molar-refractivity contribution in [1.29, 1.82) is 0 Å². The fraction of sp³-hybridized carbons (Fsp3) is 0.438. The van der Waals surface area contributed by atoms with Crippen molar-refractivity contribution in [3.05, 3.63) is 41.4 Å². The number of pyridine rings is 1. The molecule has 0 bridgehead atoms. The van der Waals surface area contributed by atoms with Crippen LogP contribution in [0.5, 0.6) is 0 Å². The van der Waals surface area contributed by atoms with Crippen molar-refractivity contribution in [2.24, 2.45) is 5.92 Å². The van der Waals surface area contributed by atoms with E-state index < -0.39 is 6.10 Å². The monoisotopic (exact) mass is 420 g/mol. The maximum atomic E-state index is 12.4. The number of nitrogens with zero attached hydrogens (tertiary/aromatic N) is 2. The van der Waals surface area contributed by atoms with Crippen LogP contribution in [0, 0.1) is 12.8 Å². The number of carbonyl (C=O) groups is 1. The zero-order valence-corrected chi connectivity index (χ0v) is 16.6. The minimum atomic E-state index is -0.413. The largest absolute Gasteiger partial charge is 0.391 e. The number of β-amino-alcohol motifs (C(OH)–C–C–N with tert-alkyl or cyclic N) is 1. The van der Waals surface area contributed by atoms with Crippen LogP contribution in [-0.4, -0.2) is 46.9 Å². The number of aliphatic hydroxyl groups excluding tert-OH is 1. The van der Waals surface area contributed by atoms with Gasteiger partial charge in [0.15, 0.2) is 0 Å². The van der Waals surface area contributed by atoms with E-state index in [1.54, 1.807) is 18.3 Å². The highest BCUT2D eigenvalue weighted by molar-refractivity contribution is 7.98. The number of thioether (sulfide) groups is 1. The third-order valence-electron chi connectivity index (χ3n) is 3.88. The van der Waals surface area contributed by atoms with E-state index in [1.807, 2.05) is 13.0 Å². The van der Waals surface area contributed by atoms with Gasteiger partial charge in [0.1, 0.15) is 10.8 Å². The topological polar surface area (TPSA) is 100 Å². The van der Waals surface area contributed by atoms with Gasteiger partial charge in [0.05, 0.1) is 17.4 Å². The molecule has 0 saturated carbocycles. The van der Waals surface area contributed by atoms with E-state index in [4.69, 9.17) is 4.52 Å². The van der Waals surface area contributed by atoms with E-state index in [-0.39, 0.29) is 36.6 Å². The molecule has 0 spiro atoms. The van der Waals surface area contributed by atoms with Crippen molar-refractivity contribution >= 4 is 42.5 Å². The molecule has 7 nitrogen and oxygen atoms in total. The standard InChI is InChI=1S/C16H20N4O3S.2ClH/c1-10-5-12(20-23-10)9-24-16-13(3-2-4-18-16)15(22)19-7-11-6-17-8-14(11)21;;/h2-5,11,14,17,21H,6-9H2,1H3,(H,19,22);2*1H. The predicted octanol–water partition coefficient (Wildman–Crippen LogP) is 1.82. The number of hydrogen-bond donors (Lipinski definition) is 3. The molecule has 2 unspecified atom stereocenters. The summed E-state index contributed by atoms with van der Waals surface area (Å²) in [6.07, 6.45) is 1.25. The van der Waals surface area contributed by atoms with Crippen molar-refractivity contribution < 1.29 is 14.4 Å². The van der Waals surface area contributed by atoms with Gasteiger partial charge in [0.2, 0.25) is 0 Å². The van der Waals surface area contributed by atoms with Gasteiger partial charge < -0.3 is 20.3 Å². The first-order valence-electron chi connectivity index (χ1n) is 7.80. The second-order valence-corrected chi connectivity index (χ2v) is 6.73. The van der Waals surface area contributed by atoms with Gasteiger partial charge in [0.25, 0.3) is 5.91 Å². The second-order valence-electron chi connectivity index (χ2n) is 5.77. The average Bonchev–Trinajstić information content (AvgIpc) is 3.19. The van der Waals surface area contributed by atoms with E-state index in [0.29, 0.717) is 36.0 Å². The molecule has 1 fully saturated rings. The van der Waals surface area contributed by atoms with Crippen molar-refractivity contribution in [3.8, 4) is 0 Å². The first-order chi connectivity index (χ1) is 11.6. The number of hydrogen-bond acceptors (Lipinski definition) is 7. The third-order valence-corrected chi connectivity index (χ3v) is 4.92. The summed E-state index contributed by atoms with van der Waals surface area (Å²) in [5.74, 6) is 1.20. The molecule has 1 saturated heterocycles. The van der Waals surface area contributed by atoms with E-state index in [0.717, 1.165) is 11.5 Å². The van der Waals surface area contributed by atoms with Crippen LogP contribution < -0.4 is 10.6 Å². The first kappa shape index (κ1) is 22.7. The fourth-order valence-electron chi connectivity index (χ4n) is 2.55. The van der Waals surface area contributed by atoms with Gasteiger partial charge in [0, 0.05) is 43.6 Å². The lowest BCUT2D eigenvalue weighted by molar-refractivity contribution is 0.0923. The Hall–Kier alpha value is -1.32. The molecule has 0 aromatic carbocycles. The number of carbonyl (C=O) groups excluding carboxylic acids is 1. The smallest absolute Gasteiger partial charge is 0.254 e. The van der Waals surface area contributed by atoms with Crippen LogP contribution in [0.15, 0.2) is 33.9 Å². The van der Waals surface area contributed by atoms with Crippen molar-refractivity contribution in [2.75, 3.05) is 19.6 Å². The zero-order valence-electron chi connectivity index (χ0n) is 14.2. The molecular formula is C16H22Cl2N4O3S. The summed E-state index contributed by atoms with van der Waals surface area (Å²) in [6, 6.07) is 5.36. The Morgan fingerprint density at radius 1 is 1.46 bits per heavy atom. The highest BCUT2D eigenvalue weighted by Gasteiger charge is 2.25. The van der Waals surface area contributed by atoms with Crippen LogP contribution in [0.2, 0.25) is 0 Å². The molecular weight excluding hydrogens is 399 g/mol.